The Morgan fingerprint density at radius 2 is 0.187 bits per heavy atom. The van der Waals surface area contributed by atoms with Crippen molar-refractivity contribution in [1.29, 1.82) is 0 Å². The minimum atomic E-state index is -10.5. The smallest absolute Gasteiger partial charge is 0.192 e. The third-order valence-corrected chi connectivity index (χ3v) is 8.91. The molecule has 51 heteroatoms. The van der Waals surface area contributed by atoms with Gasteiger partial charge < -0.3 is 0 Å². The molecule has 0 amide bonds. The van der Waals surface area contributed by atoms with E-state index in [9.17, 15) is 220 Å². The lowest BCUT2D eigenvalue weighted by Gasteiger charge is -2.46. The van der Waals surface area contributed by atoms with Crippen LogP contribution in [0.25, 0.3) is 0 Å². The van der Waals surface area contributed by atoms with Gasteiger partial charge >= 0.3 is 143 Å². The van der Waals surface area contributed by atoms with E-state index in [1.165, 1.54) is 0 Å². The van der Waals surface area contributed by atoms with Crippen LogP contribution in [0.1, 0.15) is 0 Å². The quantitative estimate of drug-likeness (QED) is 0.0841. The average Bonchev–Trinajstić information content (AvgIpc) is 3.14. The third kappa shape index (κ3) is 8.22. The molecule has 452 valence electrons. The molecule has 0 aromatic carbocycles. The summed E-state index contributed by atoms with van der Waals surface area (Å²) in [7, 11) is 0. The molecule has 0 saturated heterocycles. The van der Waals surface area contributed by atoms with Crippen molar-refractivity contribution >= 4 is 0 Å². The van der Waals surface area contributed by atoms with Gasteiger partial charge in [0.05, 0.1) is 0 Å². The number of alkyl halides is 50. The Labute approximate surface area is 369 Å². The molecule has 1 N–H and O–H groups in total. The molecule has 0 spiro atoms. The summed E-state index contributed by atoms with van der Waals surface area (Å²) in [5.74, 6) is -203. The standard InChI is InChI=1S/C24HF50N/c25-1(26,5(33,34)9(41,42)13(49,50)17(57,58)21(65,66)67)3(29,30)7(37,38)11(45,46)15(53,54)19(61,62)23(71,72)75-24(73,74)20(63,64)16(55,56)12(47,48)8(39,40)4(31,32)2(27,28)6(35,36)10(43,44)14(51,52)18(59,60)22(68,69)70/h75H. The Kier molecular flexibility index (Phi) is 16.2. The first-order chi connectivity index (χ1) is 31.2. The number of halogens is 50. The first-order valence-corrected chi connectivity index (χ1v) is 15.4. The fourth-order valence-electron chi connectivity index (χ4n) is 4.26. The summed E-state index contributed by atoms with van der Waals surface area (Å²) in [5, 5.41) is -3.30. The Bertz CT molecular complexity index is 1910. The summed E-state index contributed by atoms with van der Waals surface area (Å²) in [6.07, 6.45) is -17.2. The highest BCUT2D eigenvalue weighted by molar-refractivity contribution is 5.22. The van der Waals surface area contributed by atoms with Gasteiger partial charge in [-0.3, -0.25) is 0 Å². The fourth-order valence-corrected chi connectivity index (χ4v) is 4.26. The van der Waals surface area contributed by atoms with Crippen molar-refractivity contribution in [2.45, 2.75) is 143 Å². The van der Waals surface area contributed by atoms with Gasteiger partial charge in [-0.25, -0.2) is 0 Å². The monoisotopic (exact) mass is 1250 g/mol. The molecule has 0 aliphatic carbocycles. The second-order valence-electron chi connectivity index (χ2n) is 13.8. The molecule has 0 aliphatic rings. The van der Waals surface area contributed by atoms with E-state index in [0.29, 0.717) is 0 Å². The molecule has 0 atom stereocenters. The highest BCUT2D eigenvalue weighted by Gasteiger charge is 3.02. The van der Waals surface area contributed by atoms with Crippen molar-refractivity contribution in [2.75, 3.05) is 0 Å². The van der Waals surface area contributed by atoms with E-state index in [4.69, 9.17) is 0 Å². The van der Waals surface area contributed by atoms with Crippen molar-refractivity contribution in [3.63, 3.8) is 0 Å². The topological polar surface area (TPSA) is 12.0 Å². The zero-order valence-electron chi connectivity index (χ0n) is 31.4. The van der Waals surface area contributed by atoms with Crippen molar-refractivity contribution < 1.29 is 220 Å². The van der Waals surface area contributed by atoms with E-state index in [0.717, 1.165) is 0 Å². The van der Waals surface area contributed by atoms with Crippen LogP contribution in [0, 0.1) is 0 Å². The second kappa shape index (κ2) is 17.0. The molecule has 0 aliphatic heterocycles. The Balaban J connectivity index is 7.90. The van der Waals surface area contributed by atoms with Crippen molar-refractivity contribution in [2.24, 2.45) is 0 Å². The van der Waals surface area contributed by atoms with Gasteiger partial charge in [0.15, 0.2) is 0 Å². The van der Waals surface area contributed by atoms with Crippen LogP contribution in [0.3, 0.4) is 0 Å². The molecule has 0 aromatic rings. The number of rotatable bonds is 22. The zero-order chi connectivity index (χ0) is 62.7. The van der Waals surface area contributed by atoms with Gasteiger partial charge in [0.25, 0.3) is 0 Å². The molecule has 0 unspecified atom stereocenters. The predicted molar refractivity (Wildman–Crippen MR) is 124 cm³/mol. The lowest BCUT2D eigenvalue weighted by atomic mass is 9.84. The molecule has 1 nitrogen and oxygen atoms in total. The minimum Gasteiger partial charge on any atom is -0.192 e. The molecule has 0 heterocycles. The number of hydrogen-bond acceptors (Lipinski definition) is 1. The molecule has 0 fully saturated rings. The molecule has 0 saturated carbocycles. The van der Waals surface area contributed by atoms with Crippen LogP contribution in [0.4, 0.5) is 220 Å². The Morgan fingerprint density at radius 3 is 0.280 bits per heavy atom. The fraction of sp³-hybridized carbons (Fsp3) is 1.00. The van der Waals surface area contributed by atoms with Gasteiger partial charge in [0.2, 0.25) is 0 Å². The molecule has 0 rings (SSSR count). The molecular formula is C24HF50N. The van der Waals surface area contributed by atoms with Crippen LogP contribution in [-0.4, -0.2) is 143 Å². The van der Waals surface area contributed by atoms with Crippen LogP contribution < -0.4 is 5.32 Å². The normalized spacial score (nSPS) is 17.5. The van der Waals surface area contributed by atoms with Gasteiger partial charge in [-0.05, 0) is 0 Å². The molecule has 0 radical (unpaired) electrons. The van der Waals surface area contributed by atoms with E-state index in [2.05, 4.69) is 0 Å². The molecule has 0 aromatic heterocycles. The summed E-state index contributed by atoms with van der Waals surface area (Å²) in [4.78, 5) is 0. The highest BCUT2D eigenvalue weighted by Crippen LogP contribution is 2.71. The van der Waals surface area contributed by atoms with Gasteiger partial charge in [-0.15, -0.1) is 0 Å². The maximum absolute atomic E-state index is 14.0. The maximum atomic E-state index is 14.0. The number of nitrogens with one attached hydrogen (secondary N) is 1. The minimum absolute atomic E-state index is 3.30. The van der Waals surface area contributed by atoms with Gasteiger partial charge in [0.1, 0.15) is 0 Å². The number of hydrogen-bond donors (Lipinski definition) is 1. The van der Waals surface area contributed by atoms with Gasteiger partial charge in [-0.2, -0.15) is 225 Å². The third-order valence-electron chi connectivity index (χ3n) is 8.91. The first-order valence-electron chi connectivity index (χ1n) is 15.4. The van der Waals surface area contributed by atoms with Crippen molar-refractivity contribution in [1.82, 2.24) is 5.32 Å². The highest BCUT2D eigenvalue weighted by atomic mass is 19.5. The van der Waals surface area contributed by atoms with E-state index in [1.54, 1.807) is 0 Å². The average molecular weight is 1250 g/mol. The van der Waals surface area contributed by atoms with Crippen LogP contribution in [0.5, 0.6) is 0 Å². The second-order valence-corrected chi connectivity index (χ2v) is 13.8. The Morgan fingerprint density at radius 1 is 0.107 bits per heavy atom. The van der Waals surface area contributed by atoms with Crippen LogP contribution in [0.2, 0.25) is 0 Å². The van der Waals surface area contributed by atoms with Gasteiger partial charge in [-0.1, -0.05) is 0 Å². The Hall–Kier alpha value is -3.54. The summed E-state index contributed by atoms with van der Waals surface area (Å²) in [6, 6.07) is -19.6. The summed E-state index contributed by atoms with van der Waals surface area (Å²) < 4.78 is 676. The molecular weight excluding hydrogens is 1250 g/mol. The SMILES string of the molecule is FC(F)(F)C(F)(F)C(F)(F)C(F)(F)C(F)(F)C(F)(F)C(F)(F)C(F)(F)C(F)(F)C(F)(F)C(F)(F)C(F)(F)NC(F)(F)C(F)(F)C(F)(F)C(F)(F)C(F)(F)C(F)(F)C(F)(F)C(F)(F)C(F)(F)C(F)(F)C(F)(F)C(F)(F)F. The summed E-state index contributed by atoms with van der Waals surface area (Å²) >= 11 is 0. The van der Waals surface area contributed by atoms with Crippen LogP contribution >= 0.6 is 0 Å². The van der Waals surface area contributed by atoms with Crippen LogP contribution in [0.15, 0.2) is 0 Å². The molecule has 75 heavy (non-hydrogen) atoms. The van der Waals surface area contributed by atoms with Crippen LogP contribution in [-0.2, 0) is 0 Å². The summed E-state index contributed by atoms with van der Waals surface area (Å²) in [6.45, 7) is 0. The molecule has 0 bridgehead atoms. The van der Waals surface area contributed by atoms with Crippen molar-refractivity contribution in [3.8, 4) is 0 Å². The lowest BCUT2D eigenvalue weighted by Crippen LogP contribution is -2.80. The van der Waals surface area contributed by atoms with Gasteiger partial charge in [0, 0.05) is 0 Å². The zero-order valence-corrected chi connectivity index (χ0v) is 31.4. The maximum Gasteiger partial charge on any atom is 0.460 e. The van der Waals surface area contributed by atoms with E-state index in [-0.39, 0.29) is 0 Å². The van der Waals surface area contributed by atoms with Crippen molar-refractivity contribution in [3.05, 3.63) is 0 Å². The summed E-state index contributed by atoms with van der Waals surface area (Å²) in [5.41, 5.74) is 0. The lowest BCUT2D eigenvalue weighted by molar-refractivity contribution is -0.487. The first kappa shape index (κ1) is 71.5. The largest absolute Gasteiger partial charge is 0.460 e. The van der Waals surface area contributed by atoms with E-state index < -0.39 is 148 Å². The van der Waals surface area contributed by atoms with E-state index >= 15 is 0 Å². The van der Waals surface area contributed by atoms with E-state index in [1.807, 2.05) is 0 Å². The predicted octanol–water partition coefficient (Wildman–Crippen LogP) is 15.6.